The average molecular weight is 599 g/mol. The standard InChI is InChI=1S/C33H46N2O4S2/c1-23-9-7-8-12-28(23)30-17-25(13-14-29(30)32(36)34-31(33(37)38)15-16-40-3)19-35-20-27(18-26(35)21-39-2)41-22-24-10-5-4-6-11-24/h7-9,12-14,17,24,26-27,31H,4-6,10-11,15-16,18-22H2,1-3H3,(H,34,36)(H,37,38)/t26-,27-,31+/m1/s1. The van der Waals surface area contributed by atoms with Crippen LogP contribution in [0.4, 0.5) is 0 Å². The fourth-order valence-electron chi connectivity index (χ4n) is 6.19. The van der Waals surface area contributed by atoms with Crippen molar-refractivity contribution in [2.24, 2.45) is 5.92 Å². The third kappa shape index (κ3) is 8.99. The minimum atomic E-state index is -1.00. The van der Waals surface area contributed by atoms with Crippen molar-refractivity contribution in [2.75, 3.05) is 38.0 Å². The van der Waals surface area contributed by atoms with Crippen molar-refractivity contribution in [3.05, 3.63) is 59.2 Å². The van der Waals surface area contributed by atoms with Crippen LogP contribution in [0.15, 0.2) is 42.5 Å². The Bertz CT molecular complexity index is 1150. The van der Waals surface area contributed by atoms with Crippen LogP contribution in [-0.2, 0) is 16.1 Å². The first-order chi connectivity index (χ1) is 19.9. The maximum atomic E-state index is 13.5. The van der Waals surface area contributed by atoms with E-state index in [0.717, 1.165) is 54.3 Å². The van der Waals surface area contributed by atoms with E-state index in [1.54, 1.807) is 18.9 Å². The van der Waals surface area contributed by atoms with Gasteiger partial charge in [-0.2, -0.15) is 23.5 Å². The molecule has 224 valence electrons. The third-order valence-electron chi connectivity index (χ3n) is 8.50. The second kappa shape index (κ2) is 16.0. The van der Waals surface area contributed by atoms with Crippen LogP contribution in [0.2, 0.25) is 0 Å². The van der Waals surface area contributed by atoms with Gasteiger partial charge in [-0.15, -0.1) is 0 Å². The van der Waals surface area contributed by atoms with Gasteiger partial charge >= 0.3 is 5.97 Å². The molecular weight excluding hydrogens is 553 g/mol. The first-order valence-corrected chi connectivity index (χ1v) is 17.4. The third-order valence-corrected chi connectivity index (χ3v) is 10.6. The Kier molecular flexibility index (Phi) is 12.5. The van der Waals surface area contributed by atoms with Crippen LogP contribution in [0.5, 0.6) is 0 Å². The van der Waals surface area contributed by atoms with E-state index in [-0.39, 0.29) is 5.91 Å². The smallest absolute Gasteiger partial charge is 0.326 e. The van der Waals surface area contributed by atoms with Crippen molar-refractivity contribution in [1.29, 1.82) is 0 Å². The summed E-state index contributed by atoms with van der Waals surface area (Å²) in [5, 5.41) is 13.1. The summed E-state index contributed by atoms with van der Waals surface area (Å²) in [6.45, 7) is 4.60. The number of benzene rings is 2. The SMILES string of the molecule is COC[C@H]1C[C@@H](SCC2CCCCC2)CN1Cc1ccc(C(=O)N[C@@H](CCSC)C(=O)O)c(-c2ccccc2C)c1. The van der Waals surface area contributed by atoms with E-state index >= 15 is 0 Å². The number of likely N-dealkylation sites (tertiary alicyclic amines) is 1. The minimum absolute atomic E-state index is 0.346. The number of carboxylic acid groups (broad SMARTS) is 1. The molecule has 2 aromatic rings. The number of methoxy groups -OCH3 is 1. The quantitative estimate of drug-likeness (QED) is 0.257. The van der Waals surface area contributed by atoms with Crippen molar-refractivity contribution in [3.8, 4) is 11.1 Å². The largest absolute Gasteiger partial charge is 0.480 e. The molecule has 1 saturated carbocycles. The lowest BCUT2D eigenvalue weighted by Crippen LogP contribution is -2.41. The Morgan fingerprint density at radius 3 is 2.61 bits per heavy atom. The van der Waals surface area contributed by atoms with E-state index in [1.807, 2.05) is 49.6 Å². The lowest BCUT2D eigenvalue weighted by molar-refractivity contribution is -0.139. The van der Waals surface area contributed by atoms with E-state index in [0.29, 0.717) is 29.0 Å². The maximum absolute atomic E-state index is 13.5. The van der Waals surface area contributed by atoms with Crippen LogP contribution < -0.4 is 5.32 Å². The molecule has 0 unspecified atom stereocenters. The Morgan fingerprint density at radius 2 is 1.90 bits per heavy atom. The number of carbonyl (C=O) groups is 2. The van der Waals surface area contributed by atoms with Gasteiger partial charge in [0.15, 0.2) is 0 Å². The van der Waals surface area contributed by atoms with Gasteiger partial charge in [-0.25, -0.2) is 4.79 Å². The monoisotopic (exact) mass is 598 g/mol. The van der Waals surface area contributed by atoms with Crippen molar-refractivity contribution in [2.45, 2.75) is 75.7 Å². The van der Waals surface area contributed by atoms with Gasteiger partial charge in [-0.1, -0.05) is 49.6 Å². The predicted molar refractivity (Wildman–Crippen MR) is 172 cm³/mol. The predicted octanol–water partition coefficient (Wildman–Crippen LogP) is 6.50. The van der Waals surface area contributed by atoms with Gasteiger partial charge in [0.1, 0.15) is 6.04 Å². The molecule has 0 radical (unpaired) electrons. The molecule has 0 aromatic heterocycles. The number of nitrogens with zero attached hydrogens (tertiary/aromatic N) is 1. The highest BCUT2D eigenvalue weighted by atomic mass is 32.2. The molecule has 41 heavy (non-hydrogen) atoms. The molecule has 2 fully saturated rings. The van der Waals surface area contributed by atoms with E-state index in [1.165, 1.54) is 37.9 Å². The summed E-state index contributed by atoms with van der Waals surface area (Å²) in [7, 11) is 1.79. The molecule has 3 atom stereocenters. The number of carbonyl (C=O) groups excluding carboxylic acids is 1. The number of hydrogen-bond donors (Lipinski definition) is 2. The molecule has 2 aromatic carbocycles. The summed E-state index contributed by atoms with van der Waals surface area (Å²) < 4.78 is 5.63. The molecule has 1 aliphatic heterocycles. The molecule has 4 rings (SSSR count). The van der Waals surface area contributed by atoms with Crippen LogP contribution in [0.25, 0.3) is 11.1 Å². The molecule has 2 aliphatic rings. The Balaban J connectivity index is 1.53. The number of carboxylic acids is 1. The van der Waals surface area contributed by atoms with Crippen LogP contribution in [-0.4, -0.2) is 77.2 Å². The zero-order valence-corrected chi connectivity index (χ0v) is 26.4. The summed E-state index contributed by atoms with van der Waals surface area (Å²) in [4.78, 5) is 27.8. The summed E-state index contributed by atoms with van der Waals surface area (Å²) >= 11 is 3.73. The fourth-order valence-corrected chi connectivity index (χ4v) is 8.20. The van der Waals surface area contributed by atoms with E-state index in [4.69, 9.17) is 4.74 Å². The second-order valence-corrected chi connectivity index (χ2v) is 13.9. The van der Waals surface area contributed by atoms with Gasteiger partial charge in [-0.05, 0) is 90.7 Å². The number of hydrogen-bond acceptors (Lipinski definition) is 6. The van der Waals surface area contributed by atoms with Gasteiger partial charge in [-0.3, -0.25) is 9.69 Å². The Hall–Kier alpha value is -2.00. The minimum Gasteiger partial charge on any atom is -0.480 e. The van der Waals surface area contributed by atoms with Crippen LogP contribution in [0.3, 0.4) is 0 Å². The highest BCUT2D eigenvalue weighted by molar-refractivity contribution is 8.00. The number of rotatable bonds is 14. The summed E-state index contributed by atoms with van der Waals surface area (Å²) in [6, 6.07) is 13.6. The average Bonchev–Trinajstić information content (AvgIpc) is 3.35. The van der Waals surface area contributed by atoms with E-state index in [9.17, 15) is 14.7 Å². The van der Waals surface area contributed by atoms with Gasteiger partial charge < -0.3 is 15.2 Å². The topological polar surface area (TPSA) is 78.9 Å². The highest BCUT2D eigenvalue weighted by Gasteiger charge is 2.33. The summed E-state index contributed by atoms with van der Waals surface area (Å²) in [5.74, 6) is 1.46. The van der Waals surface area contributed by atoms with Crippen molar-refractivity contribution in [1.82, 2.24) is 10.2 Å². The van der Waals surface area contributed by atoms with Crippen LogP contribution >= 0.6 is 23.5 Å². The zero-order chi connectivity index (χ0) is 29.2. The summed E-state index contributed by atoms with van der Waals surface area (Å²) in [6.07, 6.45) is 10.4. The zero-order valence-electron chi connectivity index (χ0n) is 24.8. The molecule has 2 N–H and O–H groups in total. The molecule has 6 nitrogen and oxygen atoms in total. The molecule has 8 heteroatoms. The van der Waals surface area contributed by atoms with E-state index < -0.39 is 12.0 Å². The first kappa shape index (κ1) is 31.9. The molecule has 1 saturated heterocycles. The summed E-state index contributed by atoms with van der Waals surface area (Å²) in [5.41, 5.74) is 4.57. The molecular formula is C33H46N2O4S2. The van der Waals surface area contributed by atoms with Crippen molar-refractivity contribution in [3.63, 3.8) is 0 Å². The number of nitrogens with one attached hydrogen (secondary N) is 1. The molecule has 1 aliphatic carbocycles. The number of amides is 1. The van der Waals surface area contributed by atoms with Gasteiger partial charge in [0.2, 0.25) is 0 Å². The van der Waals surface area contributed by atoms with Gasteiger partial charge in [0.25, 0.3) is 5.91 Å². The van der Waals surface area contributed by atoms with Crippen LogP contribution in [0.1, 0.15) is 66.4 Å². The van der Waals surface area contributed by atoms with Gasteiger partial charge in [0, 0.05) is 37.1 Å². The maximum Gasteiger partial charge on any atom is 0.326 e. The number of aliphatic carboxylic acids is 1. The number of thioether (sulfide) groups is 2. The molecule has 1 heterocycles. The normalized spacial score (nSPS) is 20.7. The highest BCUT2D eigenvalue weighted by Crippen LogP contribution is 2.35. The Labute approximate surface area is 254 Å². The first-order valence-electron chi connectivity index (χ1n) is 15.0. The number of aryl methyl sites for hydroxylation is 1. The lowest BCUT2D eigenvalue weighted by atomic mass is 9.91. The number of ether oxygens (including phenoxy) is 1. The molecule has 1 amide bonds. The van der Waals surface area contributed by atoms with Crippen molar-refractivity contribution >= 4 is 35.4 Å². The second-order valence-electron chi connectivity index (χ2n) is 11.6. The lowest BCUT2D eigenvalue weighted by Gasteiger charge is -2.25. The molecule has 0 spiro atoms. The Morgan fingerprint density at radius 1 is 1.12 bits per heavy atom. The van der Waals surface area contributed by atoms with Crippen LogP contribution in [0, 0.1) is 12.8 Å². The fraction of sp³-hybridized carbons (Fsp3) is 0.576. The van der Waals surface area contributed by atoms with Gasteiger partial charge in [0.05, 0.1) is 6.61 Å². The molecule has 0 bridgehead atoms. The van der Waals surface area contributed by atoms with E-state index in [2.05, 4.69) is 28.0 Å². The van der Waals surface area contributed by atoms with Crippen molar-refractivity contribution < 1.29 is 19.4 Å².